The van der Waals surface area contributed by atoms with Gasteiger partial charge in [0.1, 0.15) is 0 Å². The summed E-state index contributed by atoms with van der Waals surface area (Å²) in [4.78, 5) is 0. The lowest BCUT2D eigenvalue weighted by Crippen LogP contribution is -3.00. The van der Waals surface area contributed by atoms with E-state index in [1.165, 1.54) is 109 Å². The predicted octanol–water partition coefficient (Wildman–Crippen LogP) is 1.81. The van der Waals surface area contributed by atoms with Gasteiger partial charge in [-0.2, -0.15) is 0 Å². The van der Waals surface area contributed by atoms with Crippen LogP contribution in [0.4, 0.5) is 0 Å². The number of rotatable bonds is 22. The van der Waals surface area contributed by atoms with Gasteiger partial charge < -0.3 is 27.9 Å². The Morgan fingerprint density at radius 3 is 1.19 bits per heavy atom. The molecular weight excluding hydrogens is 358 g/mol. The minimum atomic E-state index is 0. The number of aliphatic hydroxyl groups excluding tert-OH is 2. The van der Waals surface area contributed by atoms with Crippen LogP contribution in [0, 0.1) is 5.92 Å². The molecule has 0 saturated heterocycles. The van der Waals surface area contributed by atoms with E-state index in [4.69, 9.17) is 10.2 Å². The highest BCUT2D eigenvalue weighted by molar-refractivity contribution is 4.59. The van der Waals surface area contributed by atoms with Crippen LogP contribution in [0.2, 0.25) is 0 Å². The molecule has 0 aliphatic heterocycles. The predicted molar refractivity (Wildman–Crippen MR) is 113 cm³/mol. The number of aliphatic hydroxyl groups is 2. The fraction of sp³-hybridized carbons (Fsp3) is 1.00. The molecule has 3 nitrogen and oxygen atoms in total. The third-order valence-corrected chi connectivity index (χ3v) is 5.68. The summed E-state index contributed by atoms with van der Waals surface area (Å²) in [7, 11) is 2.16. The lowest BCUT2D eigenvalue weighted by atomic mass is 9.94. The highest BCUT2D eigenvalue weighted by Gasteiger charge is 2.06. The minimum Gasteiger partial charge on any atom is -1.00 e. The van der Waals surface area contributed by atoms with Gasteiger partial charge in [0.2, 0.25) is 0 Å². The normalized spacial score (nSPS) is 11.1. The van der Waals surface area contributed by atoms with Crippen molar-refractivity contribution in [3.8, 4) is 0 Å². The number of nitrogens with two attached hydrogens (primary N) is 1. The highest BCUT2D eigenvalue weighted by atomic mass is 35.5. The van der Waals surface area contributed by atoms with E-state index in [-0.39, 0.29) is 25.6 Å². The number of unbranched alkanes of at least 4 members (excludes halogenated alkanes) is 14. The molecule has 27 heavy (non-hydrogen) atoms. The van der Waals surface area contributed by atoms with E-state index in [0.717, 1.165) is 12.8 Å². The summed E-state index contributed by atoms with van der Waals surface area (Å²) in [5.41, 5.74) is 0. The van der Waals surface area contributed by atoms with Gasteiger partial charge >= 0.3 is 0 Å². The topological polar surface area (TPSA) is 57.1 Å². The maximum absolute atomic E-state index is 9.02. The van der Waals surface area contributed by atoms with Gasteiger partial charge in [0.25, 0.3) is 0 Å². The quantitative estimate of drug-likeness (QED) is 0.240. The van der Waals surface area contributed by atoms with Gasteiger partial charge in [0, 0.05) is 13.2 Å². The molecule has 0 saturated carbocycles. The average Bonchev–Trinajstić information content (AvgIpc) is 2.64. The van der Waals surface area contributed by atoms with E-state index < -0.39 is 0 Å². The van der Waals surface area contributed by atoms with Gasteiger partial charge in [0.15, 0.2) is 0 Å². The van der Waals surface area contributed by atoms with Crippen LogP contribution in [0.1, 0.15) is 116 Å². The van der Waals surface area contributed by atoms with E-state index in [9.17, 15) is 0 Å². The first kappa shape index (κ1) is 29.4. The van der Waals surface area contributed by atoms with Crippen LogP contribution in [0.5, 0.6) is 0 Å². The Balaban J connectivity index is 0. The van der Waals surface area contributed by atoms with Crippen LogP contribution in [0.3, 0.4) is 0 Å². The molecule has 0 aliphatic carbocycles. The zero-order valence-corrected chi connectivity index (χ0v) is 19.0. The molecule has 0 aromatic heterocycles. The van der Waals surface area contributed by atoms with Crippen molar-refractivity contribution in [2.75, 3.05) is 26.8 Å². The lowest BCUT2D eigenvalue weighted by Gasteiger charge is -2.13. The summed E-state index contributed by atoms with van der Waals surface area (Å²) < 4.78 is 0. The Morgan fingerprint density at radius 2 is 0.852 bits per heavy atom. The second-order valence-electron chi connectivity index (χ2n) is 8.18. The molecule has 0 amide bonds. The zero-order valence-electron chi connectivity index (χ0n) is 18.3. The first-order chi connectivity index (χ1) is 12.8. The van der Waals surface area contributed by atoms with E-state index >= 15 is 0 Å². The first-order valence-electron chi connectivity index (χ1n) is 11.8. The second kappa shape index (κ2) is 26.2. The molecule has 0 aliphatic rings. The van der Waals surface area contributed by atoms with Crippen LogP contribution in [0.15, 0.2) is 0 Å². The first-order valence-corrected chi connectivity index (χ1v) is 11.8. The summed E-state index contributed by atoms with van der Waals surface area (Å²) in [5.74, 6) is 0.528. The van der Waals surface area contributed by atoms with Gasteiger partial charge in [-0.3, -0.25) is 0 Å². The van der Waals surface area contributed by atoms with Gasteiger partial charge in [0.05, 0.1) is 13.6 Å². The van der Waals surface area contributed by atoms with Crippen LogP contribution in [-0.4, -0.2) is 37.0 Å². The third kappa shape index (κ3) is 24.1. The number of hydrogen-bond acceptors (Lipinski definition) is 2. The van der Waals surface area contributed by atoms with Crippen LogP contribution < -0.4 is 17.7 Å². The van der Waals surface area contributed by atoms with Gasteiger partial charge in [-0.1, -0.05) is 89.9 Å². The van der Waals surface area contributed by atoms with Crippen molar-refractivity contribution in [1.29, 1.82) is 0 Å². The largest absolute Gasteiger partial charge is 1.00 e. The third-order valence-electron chi connectivity index (χ3n) is 5.68. The van der Waals surface area contributed by atoms with Gasteiger partial charge in [-0.25, -0.2) is 0 Å². The van der Waals surface area contributed by atoms with Crippen molar-refractivity contribution in [3.63, 3.8) is 0 Å². The molecule has 0 heterocycles. The summed E-state index contributed by atoms with van der Waals surface area (Å²) in [5, 5.41) is 20.3. The molecule has 0 radical (unpaired) electrons. The molecule has 166 valence electrons. The summed E-state index contributed by atoms with van der Waals surface area (Å²) >= 11 is 0. The molecule has 0 spiro atoms. The monoisotopic (exact) mass is 407 g/mol. The van der Waals surface area contributed by atoms with Crippen molar-refractivity contribution in [1.82, 2.24) is 0 Å². The Hall–Kier alpha value is 0.170. The summed E-state index contributed by atoms with van der Waals surface area (Å²) in [6.45, 7) is 1.83. The molecule has 0 aromatic carbocycles. The molecule has 4 N–H and O–H groups in total. The maximum Gasteiger partial charge on any atom is 0.0753 e. The summed E-state index contributed by atoms with van der Waals surface area (Å²) in [6.07, 6.45) is 24.0. The lowest BCUT2D eigenvalue weighted by molar-refractivity contribution is -0.627. The van der Waals surface area contributed by atoms with Crippen LogP contribution in [0.25, 0.3) is 0 Å². The molecule has 0 fully saturated rings. The van der Waals surface area contributed by atoms with Crippen LogP contribution in [-0.2, 0) is 0 Å². The Morgan fingerprint density at radius 1 is 0.519 bits per heavy atom. The van der Waals surface area contributed by atoms with Crippen LogP contribution >= 0.6 is 0 Å². The Kier molecular flexibility index (Phi) is 28.5. The number of halogens is 1. The van der Waals surface area contributed by atoms with Gasteiger partial charge in [-0.15, -0.1) is 0 Å². The Labute approximate surface area is 176 Å². The molecule has 0 unspecified atom stereocenters. The van der Waals surface area contributed by atoms with E-state index in [1.54, 1.807) is 0 Å². The Bertz CT molecular complexity index is 249. The maximum atomic E-state index is 9.02. The summed E-state index contributed by atoms with van der Waals surface area (Å²) in [6, 6.07) is 0. The molecule has 0 atom stereocenters. The fourth-order valence-electron chi connectivity index (χ4n) is 3.88. The fourth-order valence-corrected chi connectivity index (χ4v) is 3.88. The van der Waals surface area contributed by atoms with E-state index in [1.807, 2.05) is 0 Å². The highest BCUT2D eigenvalue weighted by Crippen LogP contribution is 2.18. The standard InChI is InChI=1S/C23H49NO2.ClH/c1-24-20-16-14-12-10-8-6-4-2-3-5-7-9-11-13-15-17-23(18-21-25)19-22-26;/h23-26H,2-22H2,1H3;1H. The van der Waals surface area contributed by atoms with Crippen molar-refractivity contribution in [3.05, 3.63) is 0 Å². The van der Waals surface area contributed by atoms with Crippen molar-refractivity contribution >= 4 is 0 Å². The molecule has 0 rings (SSSR count). The van der Waals surface area contributed by atoms with E-state index in [0.29, 0.717) is 5.92 Å². The van der Waals surface area contributed by atoms with Gasteiger partial charge in [-0.05, 0) is 31.6 Å². The van der Waals surface area contributed by atoms with Crippen molar-refractivity contribution in [2.24, 2.45) is 5.92 Å². The van der Waals surface area contributed by atoms with E-state index in [2.05, 4.69) is 12.4 Å². The van der Waals surface area contributed by atoms with Crippen molar-refractivity contribution < 1.29 is 27.9 Å². The molecule has 0 aromatic rings. The molecular formula is C23H50ClNO2. The second-order valence-corrected chi connectivity index (χ2v) is 8.18. The minimum absolute atomic E-state index is 0. The number of quaternary nitrogens is 1. The average molecular weight is 408 g/mol. The zero-order chi connectivity index (χ0) is 19.1. The molecule has 4 heteroatoms. The SMILES string of the molecule is C[NH2+]CCCCCCCCCCCCCCCCCC(CCO)CCO.[Cl-]. The van der Waals surface area contributed by atoms with Crippen molar-refractivity contribution in [2.45, 2.75) is 116 Å². The number of hydrogen-bond donors (Lipinski definition) is 3. The smallest absolute Gasteiger partial charge is 0.0753 e. The molecule has 0 bridgehead atoms.